The molecule has 0 N–H and O–H groups in total. The summed E-state index contributed by atoms with van der Waals surface area (Å²) in [5, 5.41) is 9.49. The zero-order valence-corrected chi connectivity index (χ0v) is 16.7. The van der Waals surface area contributed by atoms with Gasteiger partial charge >= 0.3 is 0 Å². The van der Waals surface area contributed by atoms with Gasteiger partial charge in [-0.25, -0.2) is 0 Å². The van der Waals surface area contributed by atoms with Crippen LogP contribution >= 0.6 is 27.7 Å². The third-order valence-corrected chi connectivity index (χ3v) is 5.16. The predicted octanol–water partition coefficient (Wildman–Crippen LogP) is 5.46. The van der Waals surface area contributed by atoms with Gasteiger partial charge in [0.2, 0.25) is 5.82 Å². The largest absolute Gasteiger partial charge is 0.493 e. The molecule has 0 saturated heterocycles. The van der Waals surface area contributed by atoms with Gasteiger partial charge in [0, 0.05) is 15.9 Å². The summed E-state index contributed by atoms with van der Waals surface area (Å²) in [6.45, 7) is 0.568. The van der Waals surface area contributed by atoms with Crippen LogP contribution < -0.4 is 4.74 Å². The highest BCUT2D eigenvalue weighted by atomic mass is 79.9. The van der Waals surface area contributed by atoms with Crippen LogP contribution in [-0.4, -0.2) is 27.1 Å². The molecule has 2 aromatic heterocycles. The average molecular weight is 442 g/mol. The third-order valence-electron chi connectivity index (χ3n) is 3.77. The number of rotatable bonds is 7. The van der Waals surface area contributed by atoms with Gasteiger partial charge in [-0.3, -0.25) is 4.57 Å². The molecule has 0 amide bonds. The van der Waals surface area contributed by atoms with Crippen molar-refractivity contribution in [3.8, 4) is 23.0 Å². The Hall–Kier alpha value is -2.51. The lowest BCUT2D eigenvalue weighted by Crippen LogP contribution is -2.03. The molecule has 0 fully saturated rings. The minimum atomic E-state index is 0.568. The molecule has 7 heteroatoms. The lowest BCUT2D eigenvalue weighted by Gasteiger charge is -2.09. The third kappa shape index (κ3) is 4.26. The Kier molecular flexibility index (Phi) is 5.60. The van der Waals surface area contributed by atoms with Crippen molar-refractivity contribution in [2.75, 3.05) is 12.4 Å². The molecule has 0 aliphatic carbocycles. The number of hydrogen-bond donors (Lipinski definition) is 0. The molecule has 0 unspecified atom stereocenters. The zero-order chi connectivity index (χ0) is 18.5. The Morgan fingerprint density at radius 3 is 2.67 bits per heavy atom. The minimum Gasteiger partial charge on any atom is -0.493 e. The Balaban J connectivity index is 1.51. The van der Waals surface area contributed by atoms with Gasteiger partial charge in [0.15, 0.2) is 10.9 Å². The lowest BCUT2D eigenvalue weighted by atomic mass is 10.3. The van der Waals surface area contributed by atoms with Gasteiger partial charge in [0.05, 0.1) is 12.9 Å². The van der Waals surface area contributed by atoms with Crippen LogP contribution in [-0.2, 0) is 0 Å². The number of nitrogens with zero attached hydrogens (tertiary/aromatic N) is 3. The second-order valence-corrected chi connectivity index (χ2v) is 7.59. The van der Waals surface area contributed by atoms with Gasteiger partial charge < -0.3 is 9.15 Å². The molecule has 4 rings (SSSR count). The Bertz CT molecular complexity index is 1000. The number of thioether (sulfide) groups is 1. The number of benzene rings is 2. The van der Waals surface area contributed by atoms with Gasteiger partial charge in [0.1, 0.15) is 5.75 Å². The molecular weight excluding hydrogens is 426 g/mol. The summed E-state index contributed by atoms with van der Waals surface area (Å²) in [6.07, 6.45) is 1.64. The van der Waals surface area contributed by atoms with Crippen molar-refractivity contribution in [2.45, 2.75) is 5.16 Å². The number of aromatic nitrogens is 3. The van der Waals surface area contributed by atoms with Crippen LogP contribution in [0.25, 0.3) is 17.3 Å². The molecule has 0 bridgehead atoms. The maximum absolute atomic E-state index is 5.81. The predicted molar refractivity (Wildman–Crippen MR) is 109 cm³/mol. The number of ether oxygens (including phenoxy) is 1. The fraction of sp³-hybridized carbons (Fsp3) is 0.100. The molecule has 27 heavy (non-hydrogen) atoms. The van der Waals surface area contributed by atoms with Crippen LogP contribution in [0.4, 0.5) is 0 Å². The van der Waals surface area contributed by atoms with Crippen LogP contribution in [0.5, 0.6) is 5.75 Å². The standard InChI is InChI=1S/C20H16BrN3O2S/c21-15-6-4-9-17(14-15)25-12-13-27-20-23-22-19(18-10-5-11-26-18)24(20)16-7-2-1-3-8-16/h1-11,14H,12-13H2. The summed E-state index contributed by atoms with van der Waals surface area (Å²) in [5.41, 5.74) is 0.990. The van der Waals surface area contributed by atoms with E-state index in [1.807, 2.05) is 71.3 Å². The van der Waals surface area contributed by atoms with E-state index in [1.54, 1.807) is 18.0 Å². The van der Waals surface area contributed by atoms with Crippen LogP contribution in [0, 0.1) is 0 Å². The molecular formula is C20H16BrN3O2S. The summed E-state index contributed by atoms with van der Waals surface area (Å²) in [6, 6.07) is 21.6. The highest BCUT2D eigenvalue weighted by Crippen LogP contribution is 2.28. The molecule has 0 radical (unpaired) electrons. The van der Waals surface area contributed by atoms with Gasteiger partial charge in [-0.05, 0) is 42.5 Å². The first-order chi connectivity index (χ1) is 13.3. The van der Waals surface area contributed by atoms with Crippen LogP contribution in [0.1, 0.15) is 0 Å². The van der Waals surface area contributed by atoms with Crippen molar-refractivity contribution in [3.63, 3.8) is 0 Å². The molecule has 4 aromatic rings. The van der Waals surface area contributed by atoms with Crippen molar-refractivity contribution >= 4 is 27.7 Å². The molecule has 0 saturated carbocycles. The van der Waals surface area contributed by atoms with E-state index < -0.39 is 0 Å². The first-order valence-corrected chi connectivity index (χ1v) is 10.1. The normalized spacial score (nSPS) is 10.9. The average Bonchev–Trinajstić information content (AvgIpc) is 3.35. The summed E-state index contributed by atoms with van der Waals surface area (Å²) in [7, 11) is 0. The van der Waals surface area contributed by atoms with Crippen LogP contribution in [0.3, 0.4) is 0 Å². The maximum Gasteiger partial charge on any atom is 0.205 e. The van der Waals surface area contributed by atoms with E-state index in [1.165, 1.54) is 0 Å². The highest BCUT2D eigenvalue weighted by molar-refractivity contribution is 9.10. The van der Waals surface area contributed by atoms with Crippen molar-refractivity contribution in [1.82, 2.24) is 14.8 Å². The van der Waals surface area contributed by atoms with E-state index in [-0.39, 0.29) is 0 Å². The monoisotopic (exact) mass is 441 g/mol. The second kappa shape index (κ2) is 8.45. The van der Waals surface area contributed by atoms with Crippen molar-refractivity contribution in [1.29, 1.82) is 0 Å². The summed E-state index contributed by atoms with van der Waals surface area (Å²) in [5.74, 6) is 2.95. The number of hydrogen-bond acceptors (Lipinski definition) is 5. The van der Waals surface area contributed by atoms with Crippen LogP contribution in [0.2, 0.25) is 0 Å². The number of furan rings is 1. The number of para-hydroxylation sites is 1. The summed E-state index contributed by atoms with van der Waals surface area (Å²) < 4.78 is 14.3. The first-order valence-electron chi connectivity index (χ1n) is 8.37. The Labute approximate surface area is 169 Å². The quantitative estimate of drug-likeness (QED) is 0.281. The van der Waals surface area contributed by atoms with Crippen molar-refractivity contribution in [3.05, 3.63) is 77.5 Å². The van der Waals surface area contributed by atoms with E-state index in [4.69, 9.17) is 9.15 Å². The topological polar surface area (TPSA) is 53.1 Å². The molecule has 0 aliphatic rings. The minimum absolute atomic E-state index is 0.568. The van der Waals surface area contributed by atoms with Crippen molar-refractivity contribution < 1.29 is 9.15 Å². The molecule has 0 atom stereocenters. The van der Waals surface area contributed by atoms with Crippen molar-refractivity contribution in [2.24, 2.45) is 0 Å². The molecule has 5 nitrogen and oxygen atoms in total. The van der Waals surface area contributed by atoms with Gasteiger partial charge in [-0.1, -0.05) is 52.0 Å². The molecule has 2 aromatic carbocycles. The smallest absolute Gasteiger partial charge is 0.205 e. The molecule has 0 aliphatic heterocycles. The lowest BCUT2D eigenvalue weighted by molar-refractivity contribution is 0.343. The second-order valence-electron chi connectivity index (χ2n) is 5.61. The van der Waals surface area contributed by atoms with E-state index >= 15 is 0 Å². The van der Waals surface area contributed by atoms with Gasteiger partial charge in [-0.2, -0.15) is 0 Å². The van der Waals surface area contributed by atoms with E-state index in [9.17, 15) is 0 Å². The zero-order valence-electron chi connectivity index (χ0n) is 14.3. The van der Waals surface area contributed by atoms with Crippen LogP contribution in [0.15, 0.2) is 87.0 Å². The van der Waals surface area contributed by atoms with E-state index in [2.05, 4.69) is 26.1 Å². The summed E-state index contributed by atoms with van der Waals surface area (Å²) >= 11 is 5.04. The fourth-order valence-corrected chi connectivity index (χ4v) is 3.73. The SMILES string of the molecule is Brc1cccc(OCCSc2nnc(-c3ccco3)n2-c2ccccc2)c1. The highest BCUT2D eigenvalue weighted by Gasteiger charge is 2.17. The molecule has 0 spiro atoms. The van der Waals surface area contributed by atoms with Gasteiger partial charge in [-0.15, -0.1) is 10.2 Å². The van der Waals surface area contributed by atoms with Gasteiger partial charge in [0.25, 0.3) is 0 Å². The number of halogens is 1. The Morgan fingerprint density at radius 1 is 1.00 bits per heavy atom. The molecule has 2 heterocycles. The van der Waals surface area contributed by atoms with E-state index in [0.717, 1.165) is 26.8 Å². The Morgan fingerprint density at radius 2 is 1.89 bits per heavy atom. The fourth-order valence-electron chi connectivity index (χ4n) is 2.59. The first kappa shape index (κ1) is 17.9. The summed E-state index contributed by atoms with van der Waals surface area (Å²) in [4.78, 5) is 0. The molecule has 136 valence electrons. The maximum atomic E-state index is 5.81. The van der Waals surface area contributed by atoms with E-state index in [0.29, 0.717) is 18.2 Å².